The van der Waals surface area contributed by atoms with Gasteiger partial charge in [0.25, 0.3) is 5.91 Å². The zero-order chi connectivity index (χ0) is 14.1. The van der Waals surface area contributed by atoms with Crippen LogP contribution in [0.15, 0.2) is 23.0 Å². The van der Waals surface area contributed by atoms with E-state index < -0.39 is 0 Å². The standard InChI is InChI=1S/C13H14N4O2S/c1-17(4-8-6-20-7-15-8)11-3-10-12(2-9(11)14)19-5-13(18)16-10/h2-3,6-7H,4-5,14H2,1H3,(H,16,18). The van der Waals surface area contributed by atoms with Crippen LogP contribution in [0.4, 0.5) is 17.1 Å². The summed E-state index contributed by atoms with van der Waals surface area (Å²) in [6.45, 7) is 0.682. The summed E-state index contributed by atoms with van der Waals surface area (Å²) < 4.78 is 5.34. The summed E-state index contributed by atoms with van der Waals surface area (Å²) >= 11 is 1.56. The average molecular weight is 290 g/mol. The lowest BCUT2D eigenvalue weighted by atomic mass is 10.2. The molecule has 3 N–H and O–H groups in total. The van der Waals surface area contributed by atoms with Gasteiger partial charge < -0.3 is 20.7 Å². The molecule has 2 aromatic rings. The fourth-order valence-electron chi connectivity index (χ4n) is 2.11. The number of hydrogen-bond donors (Lipinski definition) is 2. The Morgan fingerprint density at radius 3 is 3.15 bits per heavy atom. The number of amides is 1. The van der Waals surface area contributed by atoms with Crippen LogP contribution in [0.1, 0.15) is 5.69 Å². The van der Waals surface area contributed by atoms with Gasteiger partial charge in [-0.2, -0.15) is 0 Å². The Kier molecular flexibility index (Phi) is 3.19. The molecule has 2 heterocycles. The van der Waals surface area contributed by atoms with Crippen molar-refractivity contribution in [2.75, 3.05) is 29.6 Å². The number of carbonyl (C=O) groups excluding carboxylic acids is 1. The number of nitrogens with one attached hydrogen (secondary N) is 1. The summed E-state index contributed by atoms with van der Waals surface area (Å²) in [6, 6.07) is 3.57. The highest BCUT2D eigenvalue weighted by Gasteiger charge is 2.19. The van der Waals surface area contributed by atoms with Crippen molar-refractivity contribution in [3.63, 3.8) is 0 Å². The number of ether oxygens (including phenoxy) is 1. The van der Waals surface area contributed by atoms with Gasteiger partial charge in [-0.05, 0) is 6.07 Å². The van der Waals surface area contributed by atoms with Gasteiger partial charge in [0.2, 0.25) is 0 Å². The third-order valence-corrected chi connectivity index (χ3v) is 3.69. The first-order valence-corrected chi connectivity index (χ1v) is 7.02. The molecule has 7 heteroatoms. The normalized spacial score (nSPS) is 13.3. The van der Waals surface area contributed by atoms with Crippen LogP contribution in [0.5, 0.6) is 5.75 Å². The minimum Gasteiger partial charge on any atom is -0.482 e. The molecule has 104 valence electrons. The number of nitrogens with two attached hydrogens (primary N) is 1. The third kappa shape index (κ3) is 2.39. The van der Waals surface area contributed by atoms with E-state index >= 15 is 0 Å². The smallest absolute Gasteiger partial charge is 0.262 e. The summed E-state index contributed by atoms with van der Waals surface area (Å²) in [5.41, 5.74) is 10.9. The Balaban J connectivity index is 1.89. The Hall–Kier alpha value is -2.28. The quantitative estimate of drug-likeness (QED) is 0.841. The second-order valence-corrected chi connectivity index (χ2v) is 5.30. The number of rotatable bonds is 3. The number of nitrogens with zero attached hydrogens (tertiary/aromatic N) is 2. The molecule has 6 nitrogen and oxygen atoms in total. The number of carbonyl (C=O) groups is 1. The molecule has 0 spiro atoms. The summed E-state index contributed by atoms with van der Waals surface area (Å²) in [6.07, 6.45) is 0. The van der Waals surface area contributed by atoms with Crippen LogP contribution in [0.25, 0.3) is 0 Å². The Bertz CT molecular complexity index is 642. The zero-order valence-electron chi connectivity index (χ0n) is 10.9. The van der Waals surface area contributed by atoms with Crippen LogP contribution < -0.4 is 20.7 Å². The second kappa shape index (κ2) is 5.01. The number of benzene rings is 1. The lowest BCUT2D eigenvalue weighted by molar-refractivity contribution is -0.118. The van der Waals surface area contributed by atoms with E-state index in [1.807, 2.05) is 23.4 Å². The van der Waals surface area contributed by atoms with E-state index in [9.17, 15) is 4.79 Å². The van der Waals surface area contributed by atoms with Crippen molar-refractivity contribution < 1.29 is 9.53 Å². The number of fused-ring (bicyclic) bond motifs is 1. The predicted octanol–water partition coefficient (Wildman–Crippen LogP) is 1.69. The van der Waals surface area contributed by atoms with Gasteiger partial charge in [0.05, 0.1) is 34.8 Å². The molecule has 0 saturated carbocycles. The number of hydrogen-bond acceptors (Lipinski definition) is 6. The number of anilines is 3. The van der Waals surface area contributed by atoms with Gasteiger partial charge in [-0.25, -0.2) is 4.98 Å². The Morgan fingerprint density at radius 2 is 2.40 bits per heavy atom. The molecule has 1 amide bonds. The monoisotopic (exact) mass is 290 g/mol. The van der Waals surface area contributed by atoms with Crippen LogP contribution >= 0.6 is 11.3 Å². The van der Waals surface area contributed by atoms with E-state index in [1.165, 1.54) is 0 Å². The van der Waals surface area contributed by atoms with Gasteiger partial charge in [0.1, 0.15) is 5.75 Å². The zero-order valence-corrected chi connectivity index (χ0v) is 11.7. The average Bonchev–Trinajstić information content (AvgIpc) is 2.91. The summed E-state index contributed by atoms with van der Waals surface area (Å²) in [4.78, 5) is 17.6. The fourth-order valence-corrected chi connectivity index (χ4v) is 2.65. The van der Waals surface area contributed by atoms with E-state index in [2.05, 4.69) is 10.3 Å². The van der Waals surface area contributed by atoms with Crippen LogP contribution in [-0.2, 0) is 11.3 Å². The van der Waals surface area contributed by atoms with Crippen molar-refractivity contribution in [1.82, 2.24) is 4.98 Å². The SMILES string of the molecule is CN(Cc1cscn1)c1cc2c(cc1N)OCC(=O)N2. The topological polar surface area (TPSA) is 80.5 Å². The minimum atomic E-state index is -0.157. The highest BCUT2D eigenvalue weighted by molar-refractivity contribution is 7.07. The highest BCUT2D eigenvalue weighted by atomic mass is 32.1. The first-order chi connectivity index (χ1) is 9.63. The van der Waals surface area contributed by atoms with E-state index in [1.54, 1.807) is 22.9 Å². The van der Waals surface area contributed by atoms with Crippen LogP contribution in [0, 0.1) is 0 Å². The van der Waals surface area contributed by atoms with E-state index in [0.717, 1.165) is 11.4 Å². The number of nitrogen functional groups attached to an aromatic ring is 1. The summed E-state index contributed by atoms with van der Waals surface area (Å²) in [5.74, 6) is 0.447. The largest absolute Gasteiger partial charge is 0.482 e. The molecule has 0 aliphatic carbocycles. The molecule has 3 rings (SSSR count). The van der Waals surface area contributed by atoms with Crippen molar-refractivity contribution in [2.45, 2.75) is 6.54 Å². The van der Waals surface area contributed by atoms with Crippen molar-refractivity contribution in [3.8, 4) is 5.75 Å². The van der Waals surface area contributed by atoms with E-state index in [-0.39, 0.29) is 12.5 Å². The lowest BCUT2D eigenvalue weighted by Gasteiger charge is -2.24. The maximum absolute atomic E-state index is 11.4. The molecule has 0 radical (unpaired) electrons. The van der Waals surface area contributed by atoms with Crippen LogP contribution in [0.3, 0.4) is 0 Å². The first-order valence-electron chi connectivity index (χ1n) is 6.08. The first kappa shape index (κ1) is 12.7. The fraction of sp³-hybridized carbons (Fsp3) is 0.231. The van der Waals surface area contributed by atoms with Gasteiger partial charge >= 0.3 is 0 Å². The maximum Gasteiger partial charge on any atom is 0.262 e. The predicted molar refractivity (Wildman–Crippen MR) is 79.2 cm³/mol. The lowest BCUT2D eigenvalue weighted by Crippen LogP contribution is -2.26. The maximum atomic E-state index is 11.4. The van der Waals surface area contributed by atoms with Crippen molar-refractivity contribution in [1.29, 1.82) is 0 Å². The van der Waals surface area contributed by atoms with Crippen molar-refractivity contribution >= 4 is 34.3 Å². The minimum absolute atomic E-state index is 0.0282. The molecule has 1 aromatic carbocycles. The van der Waals surface area contributed by atoms with E-state index in [4.69, 9.17) is 10.5 Å². The molecular weight excluding hydrogens is 276 g/mol. The van der Waals surface area contributed by atoms with Crippen LogP contribution in [0.2, 0.25) is 0 Å². The van der Waals surface area contributed by atoms with Crippen molar-refractivity contribution in [3.05, 3.63) is 28.7 Å². The van der Waals surface area contributed by atoms with Gasteiger partial charge in [0, 0.05) is 18.5 Å². The van der Waals surface area contributed by atoms with Gasteiger partial charge in [-0.3, -0.25) is 4.79 Å². The number of aromatic nitrogens is 1. The molecule has 1 aliphatic rings. The number of thiazole rings is 1. The molecule has 0 bridgehead atoms. The molecule has 0 fully saturated rings. The Labute approximate surface area is 120 Å². The summed E-state index contributed by atoms with van der Waals surface area (Å²) in [5, 5.41) is 4.78. The van der Waals surface area contributed by atoms with Gasteiger partial charge in [0.15, 0.2) is 6.61 Å². The molecule has 1 aromatic heterocycles. The molecule has 0 unspecified atom stereocenters. The summed E-state index contributed by atoms with van der Waals surface area (Å²) in [7, 11) is 1.93. The van der Waals surface area contributed by atoms with Gasteiger partial charge in [-0.15, -0.1) is 11.3 Å². The molecule has 0 saturated heterocycles. The molecule has 1 aliphatic heterocycles. The van der Waals surface area contributed by atoms with E-state index in [0.29, 0.717) is 23.7 Å². The molecule has 0 atom stereocenters. The highest BCUT2D eigenvalue weighted by Crippen LogP contribution is 2.36. The van der Waals surface area contributed by atoms with Crippen molar-refractivity contribution in [2.24, 2.45) is 0 Å². The second-order valence-electron chi connectivity index (χ2n) is 4.58. The third-order valence-electron chi connectivity index (χ3n) is 3.06. The van der Waals surface area contributed by atoms with Gasteiger partial charge in [-0.1, -0.05) is 0 Å². The molecule has 20 heavy (non-hydrogen) atoms. The Morgan fingerprint density at radius 1 is 1.55 bits per heavy atom. The van der Waals surface area contributed by atoms with Crippen LogP contribution in [-0.4, -0.2) is 24.5 Å². The molecular formula is C13H14N4O2S.